The summed E-state index contributed by atoms with van der Waals surface area (Å²) in [5.41, 5.74) is 0.919. The normalized spacial score (nSPS) is 44.5. The van der Waals surface area contributed by atoms with Gasteiger partial charge >= 0.3 is 0 Å². The average Bonchev–Trinajstić information content (AvgIpc) is 2.55. The van der Waals surface area contributed by atoms with Gasteiger partial charge in [0, 0.05) is 5.41 Å². The molecule has 0 aromatic heterocycles. The molecular formula is C13H22O2. The number of hydrogen-bond donors (Lipinski definition) is 1. The molecule has 2 aliphatic rings. The zero-order valence-corrected chi connectivity index (χ0v) is 10.2. The highest BCUT2D eigenvalue weighted by Gasteiger charge is 2.55. The molecule has 2 heteroatoms. The van der Waals surface area contributed by atoms with Gasteiger partial charge in [0.05, 0.1) is 17.8 Å². The molecule has 0 aromatic rings. The predicted octanol–water partition coefficient (Wildman–Crippen LogP) is 2.66. The lowest BCUT2D eigenvalue weighted by molar-refractivity contribution is -0.136. The molecule has 0 aromatic carbocycles. The van der Waals surface area contributed by atoms with Crippen molar-refractivity contribution in [2.24, 2.45) is 5.41 Å². The van der Waals surface area contributed by atoms with E-state index in [4.69, 9.17) is 4.74 Å². The minimum Gasteiger partial charge on any atom is -0.392 e. The van der Waals surface area contributed by atoms with E-state index in [9.17, 15) is 5.11 Å². The molecule has 2 nitrogen and oxygen atoms in total. The highest BCUT2D eigenvalue weighted by molar-refractivity contribution is 5.27. The molecule has 1 saturated heterocycles. The van der Waals surface area contributed by atoms with Gasteiger partial charge in [-0.25, -0.2) is 0 Å². The van der Waals surface area contributed by atoms with Crippen LogP contribution in [0.1, 0.15) is 47.0 Å². The van der Waals surface area contributed by atoms with Crippen molar-refractivity contribution in [2.45, 2.75) is 64.8 Å². The molecule has 1 aliphatic carbocycles. The molecule has 0 saturated carbocycles. The molecule has 3 unspecified atom stereocenters. The second-order valence-electron chi connectivity index (χ2n) is 5.65. The van der Waals surface area contributed by atoms with Crippen LogP contribution in [0.15, 0.2) is 11.6 Å². The van der Waals surface area contributed by atoms with E-state index in [1.165, 1.54) is 5.57 Å². The van der Waals surface area contributed by atoms with Crippen molar-refractivity contribution in [2.75, 3.05) is 0 Å². The molecule has 1 spiro atoms. The van der Waals surface area contributed by atoms with Gasteiger partial charge < -0.3 is 9.84 Å². The molecule has 1 fully saturated rings. The summed E-state index contributed by atoms with van der Waals surface area (Å²) in [7, 11) is 0. The number of ether oxygens (including phenoxy) is 1. The van der Waals surface area contributed by atoms with Gasteiger partial charge in [-0.2, -0.15) is 0 Å². The van der Waals surface area contributed by atoms with Crippen LogP contribution in [0.4, 0.5) is 0 Å². The second kappa shape index (κ2) is 3.33. The van der Waals surface area contributed by atoms with Gasteiger partial charge in [-0.05, 0) is 38.7 Å². The SMILES string of the molecule is CC1=CCC(O)C(C)(C)C12CCC(C)O2. The number of hydrogen-bond acceptors (Lipinski definition) is 2. The van der Waals surface area contributed by atoms with E-state index < -0.39 is 0 Å². The zero-order chi connectivity index (χ0) is 11.3. The van der Waals surface area contributed by atoms with Crippen molar-refractivity contribution >= 4 is 0 Å². The average molecular weight is 210 g/mol. The van der Waals surface area contributed by atoms with Crippen LogP contribution in [0, 0.1) is 5.41 Å². The lowest BCUT2D eigenvalue weighted by Crippen LogP contribution is -2.54. The Morgan fingerprint density at radius 2 is 2.13 bits per heavy atom. The lowest BCUT2D eigenvalue weighted by Gasteiger charge is -2.50. The quantitative estimate of drug-likeness (QED) is 0.623. The van der Waals surface area contributed by atoms with Crippen molar-refractivity contribution in [3.05, 3.63) is 11.6 Å². The van der Waals surface area contributed by atoms with Gasteiger partial charge in [0.25, 0.3) is 0 Å². The van der Waals surface area contributed by atoms with E-state index >= 15 is 0 Å². The highest BCUT2D eigenvalue weighted by Crippen LogP contribution is 2.53. The van der Waals surface area contributed by atoms with Gasteiger partial charge in [-0.15, -0.1) is 0 Å². The lowest BCUT2D eigenvalue weighted by atomic mass is 9.62. The van der Waals surface area contributed by atoms with Gasteiger partial charge in [0.2, 0.25) is 0 Å². The summed E-state index contributed by atoms with van der Waals surface area (Å²) in [6.45, 7) is 8.53. The monoisotopic (exact) mass is 210 g/mol. The van der Waals surface area contributed by atoms with Crippen molar-refractivity contribution in [3.8, 4) is 0 Å². The van der Waals surface area contributed by atoms with Crippen LogP contribution in [-0.2, 0) is 4.74 Å². The summed E-state index contributed by atoms with van der Waals surface area (Å²) in [6, 6.07) is 0. The maximum atomic E-state index is 10.1. The van der Waals surface area contributed by atoms with E-state index in [0.29, 0.717) is 6.10 Å². The Kier molecular flexibility index (Phi) is 2.47. The Labute approximate surface area is 92.3 Å². The molecule has 0 bridgehead atoms. The number of aliphatic hydroxyl groups excluding tert-OH is 1. The van der Waals surface area contributed by atoms with E-state index in [0.717, 1.165) is 19.3 Å². The Morgan fingerprint density at radius 3 is 2.67 bits per heavy atom. The maximum Gasteiger partial charge on any atom is 0.0968 e. The van der Waals surface area contributed by atoms with Crippen LogP contribution < -0.4 is 0 Å². The van der Waals surface area contributed by atoms with Crippen LogP contribution in [0.25, 0.3) is 0 Å². The van der Waals surface area contributed by atoms with Crippen LogP contribution in [-0.4, -0.2) is 22.9 Å². The van der Waals surface area contributed by atoms with Crippen molar-refractivity contribution in [1.29, 1.82) is 0 Å². The van der Waals surface area contributed by atoms with Gasteiger partial charge in [-0.1, -0.05) is 19.9 Å². The van der Waals surface area contributed by atoms with Crippen molar-refractivity contribution in [1.82, 2.24) is 0 Å². The third-order valence-corrected chi connectivity index (χ3v) is 4.46. The smallest absolute Gasteiger partial charge is 0.0968 e. The summed E-state index contributed by atoms with van der Waals surface area (Å²) in [5, 5.41) is 10.1. The first-order valence-corrected chi connectivity index (χ1v) is 5.93. The van der Waals surface area contributed by atoms with Gasteiger partial charge in [0.15, 0.2) is 0 Å². The second-order valence-corrected chi connectivity index (χ2v) is 5.65. The molecule has 0 amide bonds. The van der Waals surface area contributed by atoms with Gasteiger partial charge in [0.1, 0.15) is 0 Å². The molecule has 2 rings (SSSR count). The van der Waals surface area contributed by atoms with Crippen LogP contribution >= 0.6 is 0 Å². The molecule has 0 radical (unpaired) electrons. The Balaban J connectivity index is 2.42. The van der Waals surface area contributed by atoms with Crippen LogP contribution in [0.5, 0.6) is 0 Å². The maximum absolute atomic E-state index is 10.1. The summed E-state index contributed by atoms with van der Waals surface area (Å²) < 4.78 is 6.16. The van der Waals surface area contributed by atoms with E-state index in [1.54, 1.807) is 0 Å². The Hall–Kier alpha value is -0.340. The zero-order valence-electron chi connectivity index (χ0n) is 10.2. The first kappa shape index (κ1) is 11.2. The number of aliphatic hydroxyl groups is 1. The Morgan fingerprint density at radius 1 is 1.47 bits per heavy atom. The minimum absolute atomic E-state index is 0.170. The molecule has 15 heavy (non-hydrogen) atoms. The molecule has 3 atom stereocenters. The van der Waals surface area contributed by atoms with Crippen LogP contribution in [0.2, 0.25) is 0 Å². The Bertz CT molecular complexity index is 293. The minimum atomic E-state index is -0.286. The number of rotatable bonds is 0. The third kappa shape index (κ3) is 1.38. The topological polar surface area (TPSA) is 29.5 Å². The fraction of sp³-hybridized carbons (Fsp3) is 0.846. The summed E-state index contributed by atoms with van der Waals surface area (Å²) >= 11 is 0. The highest BCUT2D eigenvalue weighted by atomic mass is 16.5. The summed E-state index contributed by atoms with van der Waals surface area (Å²) in [6.07, 6.45) is 5.08. The largest absolute Gasteiger partial charge is 0.392 e. The fourth-order valence-electron chi connectivity index (χ4n) is 3.16. The van der Waals surface area contributed by atoms with Crippen molar-refractivity contribution < 1.29 is 9.84 Å². The van der Waals surface area contributed by atoms with E-state index in [2.05, 4.69) is 33.8 Å². The molecule has 86 valence electrons. The standard InChI is InChI=1S/C13H22O2/c1-9-5-6-11(14)12(3,4)13(9)8-7-10(2)15-13/h5,10-11,14H,6-8H2,1-4H3. The first-order valence-electron chi connectivity index (χ1n) is 5.93. The third-order valence-electron chi connectivity index (χ3n) is 4.46. The first-order chi connectivity index (χ1) is 6.90. The fourth-order valence-corrected chi connectivity index (χ4v) is 3.16. The van der Waals surface area contributed by atoms with Crippen LogP contribution in [0.3, 0.4) is 0 Å². The molecule has 1 N–H and O–H groups in total. The molecule has 1 heterocycles. The predicted molar refractivity (Wildman–Crippen MR) is 60.7 cm³/mol. The van der Waals surface area contributed by atoms with E-state index in [-0.39, 0.29) is 17.1 Å². The van der Waals surface area contributed by atoms with Crippen molar-refractivity contribution in [3.63, 3.8) is 0 Å². The van der Waals surface area contributed by atoms with E-state index in [1.807, 2.05) is 0 Å². The summed E-state index contributed by atoms with van der Waals surface area (Å²) in [4.78, 5) is 0. The molecule has 1 aliphatic heterocycles. The molecular weight excluding hydrogens is 188 g/mol. The summed E-state index contributed by atoms with van der Waals surface area (Å²) in [5.74, 6) is 0. The van der Waals surface area contributed by atoms with Gasteiger partial charge in [-0.3, -0.25) is 0 Å².